The zero-order valence-electron chi connectivity index (χ0n) is 7.85. The number of para-hydroxylation sites is 1. The van der Waals surface area contributed by atoms with Crippen molar-refractivity contribution in [2.24, 2.45) is 0 Å². The summed E-state index contributed by atoms with van der Waals surface area (Å²) < 4.78 is 1.96. The van der Waals surface area contributed by atoms with Crippen LogP contribution in [0.15, 0.2) is 30.5 Å². The van der Waals surface area contributed by atoms with Crippen LogP contribution in [-0.4, -0.2) is 21.4 Å². The van der Waals surface area contributed by atoms with Crippen molar-refractivity contribution in [2.75, 3.05) is 6.61 Å². The van der Waals surface area contributed by atoms with Gasteiger partial charge in [-0.2, -0.15) is 0 Å². The van der Waals surface area contributed by atoms with Gasteiger partial charge in [-0.15, -0.1) is 0 Å². The second kappa shape index (κ2) is 3.82. The van der Waals surface area contributed by atoms with Gasteiger partial charge in [-0.3, -0.25) is 0 Å². The van der Waals surface area contributed by atoms with Crippen LogP contribution in [0.3, 0.4) is 0 Å². The third-order valence-electron chi connectivity index (χ3n) is 2.38. The van der Waals surface area contributed by atoms with Crippen molar-refractivity contribution in [3.8, 4) is 0 Å². The molecule has 0 aliphatic heterocycles. The molecule has 1 heterocycles. The van der Waals surface area contributed by atoms with E-state index in [9.17, 15) is 5.11 Å². The SMILES string of the molecule is OCCn1ccc2cccc(CO)c21. The molecule has 0 fully saturated rings. The normalized spacial score (nSPS) is 11.0. The van der Waals surface area contributed by atoms with Gasteiger partial charge >= 0.3 is 0 Å². The van der Waals surface area contributed by atoms with Crippen molar-refractivity contribution >= 4 is 10.9 Å². The summed E-state index contributed by atoms with van der Waals surface area (Å²) in [6.45, 7) is 0.719. The number of fused-ring (bicyclic) bond motifs is 1. The van der Waals surface area contributed by atoms with Crippen molar-refractivity contribution in [3.63, 3.8) is 0 Å². The molecular formula is C11H13NO2. The minimum absolute atomic E-state index is 0.0345. The summed E-state index contributed by atoms with van der Waals surface area (Å²) in [4.78, 5) is 0. The number of rotatable bonds is 3. The molecule has 0 radical (unpaired) electrons. The lowest BCUT2D eigenvalue weighted by Gasteiger charge is -2.06. The molecule has 0 amide bonds. The smallest absolute Gasteiger partial charge is 0.0702 e. The van der Waals surface area contributed by atoms with Gasteiger partial charge in [-0.25, -0.2) is 0 Å². The fourth-order valence-corrected chi connectivity index (χ4v) is 1.76. The van der Waals surface area contributed by atoms with Gasteiger partial charge in [0.15, 0.2) is 0 Å². The van der Waals surface area contributed by atoms with E-state index in [1.165, 1.54) is 0 Å². The molecule has 0 saturated carbocycles. The number of nitrogens with zero attached hydrogens (tertiary/aromatic N) is 1. The highest BCUT2D eigenvalue weighted by molar-refractivity contribution is 5.83. The summed E-state index contributed by atoms with van der Waals surface area (Å²) in [7, 11) is 0. The Labute approximate surface area is 82.2 Å². The molecule has 0 bridgehead atoms. The topological polar surface area (TPSA) is 45.4 Å². The van der Waals surface area contributed by atoms with Crippen LogP contribution < -0.4 is 0 Å². The molecule has 3 heteroatoms. The molecule has 3 nitrogen and oxygen atoms in total. The lowest BCUT2D eigenvalue weighted by atomic mass is 10.1. The van der Waals surface area contributed by atoms with Crippen LogP contribution in [0.1, 0.15) is 5.56 Å². The van der Waals surface area contributed by atoms with Crippen LogP contribution in [-0.2, 0) is 13.2 Å². The molecule has 0 aliphatic carbocycles. The third kappa shape index (κ3) is 1.41. The van der Waals surface area contributed by atoms with Gasteiger partial charge in [-0.05, 0) is 11.5 Å². The number of benzene rings is 1. The average Bonchev–Trinajstić information content (AvgIpc) is 2.62. The van der Waals surface area contributed by atoms with Gasteiger partial charge in [-0.1, -0.05) is 18.2 Å². The predicted octanol–water partition coefficient (Wildman–Crippen LogP) is 1.13. The van der Waals surface area contributed by atoms with E-state index in [2.05, 4.69) is 0 Å². The first-order valence-electron chi connectivity index (χ1n) is 4.65. The van der Waals surface area contributed by atoms with E-state index < -0.39 is 0 Å². The van der Waals surface area contributed by atoms with Crippen LogP contribution >= 0.6 is 0 Å². The van der Waals surface area contributed by atoms with Crippen molar-refractivity contribution in [2.45, 2.75) is 13.2 Å². The van der Waals surface area contributed by atoms with Gasteiger partial charge in [0.05, 0.1) is 18.7 Å². The Morgan fingerprint density at radius 1 is 1.14 bits per heavy atom. The number of aliphatic hydroxyl groups is 2. The monoisotopic (exact) mass is 191 g/mol. The molecule has 0 spiro atoms. The van der Waals surface area contributed by atoms with Crippen molar-refractivity contribution in [3.05, 3.63) is 36.0 Å². The van der Waals surface area contributed by atoms with E-state index in [1.807, 2.05) is 35.0 Å². The Morgan fingerprint density at radius 3 is 2.71 bits per heavy atom. The largest absolute Gasteiger partial charge is 0.395 e. The standard InChI is InChI=1S/C11H13NO2/c13-7-6-12-5-4-9-2-1-3-10(8-14)11(9)12/h1-5,13-14H,6-8H2. The maximum absolute atomic E-state index is 9.17. The van der Waals surface area contributed by atoms with Gasteiger partial charge in [0.1, 0.15) is 0 Å². The lowest BCUT2D eigenvalue weighted by Crippen LogP contribution is -2.01. The number of hydrogen-bond acceptors (Lipinski definition) is 2. The number of aromatic nitrogens is 1. The average molecular weight is 191 g/mol. The third-order valence-corrected chi connectivity index (χ3v) is 2.38. The van der Waals surface area contributed by atoms with Crippen molar-refractivity contribution < 1.29 is 10.2 Å². The Balaban J connectivity index is 2.62. The molecule has 2 N–H and O–H groups in total. The highest BCUT2D eigenvalue weighted by atomic mass is 16.3. The van der Waals surface area contributed by atoms with Crippen LogP contribution in [0.5, 0.6) is 0 Å². The van der Waals surface area contributed by atoms with Crippen LogP contribution in [0.2, 0.25) is 0 Å². The molecule has 0 atom stereocenters. The summed E-state index contributed by atoms with van der Waals surface area (Å²) >= 11 is 0. The molecule has 14 heavy (non-hydrogen) atoms. The van der Waals surface area contributed by atoms with E-state index in [0.29, 0.717) is 6.54 Å². The summed E-state index contributed by atoms with van der Waals surface area (Å²) in [6.07, 6.45) is 1.93. The molecule has 1 aromatic heterocycles. The Kier molecular flexibility index (Phi) is 2.52. The van der Waals surface area contributed by atoms with Crippen molar-refractivity contribution in [1.82, 2.24) is 4.57 Å². The summed E-state index contributed by atoms with van der Waals surface area (Å²) in [5.74, 6) is 0. The highest BCUT2D eigenvalue weighted by Gasteiger charge is 2.04. The predicted molar refractivity (Wildman–Crippen MR) is 54.9 cm³/mol. The summed E-state index contributed by atoms with van der Waals surface area (Å²) in [5.41, 5.74) is 1.92. The Morgan fingerprint density at radius 2 is 2.00 bits per heavy atom. The Bertz CT molecular complexity index is 434. The first-order chi connectivity index (χ1) is 6.86. The van der Waals surface area contributed by atoms with E-state index in [-0.39, 0.29) is 13.2 Å². The molecule has 1 aromatic carbocycles. The molecule has 0 unspecified atom stereocenters. The van der Waals surface area contributed by atoms with Gasteiger partial charge < -0.3 is 14.8 Å². The Hall–Kier alpha value is -1.32. The van der Waals surface area contributed by atoms with Gasteiger partial charge in [0, 0.05) is 18.3 Å². The zero-order chi connectivity index (χ0) is 9.97. The molecule has 0 aliphatic rings. The van der Waals surface area contributed by atoms with E-state index in [0.717, 1.165) is 16.5 Å². The lowest BCUT2D eigenvalue weighted by molar-refractivity contribution is 0.274. The highest BCUT2D eigenvalue weighted by Crippen LogP contribution is 2.20. The molecule has 2 aromatic rings. The van der Waals surface area contributed by atoms with Crippen LogP contribution in [0.25, 0.3) is 10.9 Å². The molecule has 0 saturated heterocycles. The van der Waals surface area contributed by atoms with E-state index >= 15 is 0 Å². The fourth-order valence-electron chi connectivity index (χ4n) is 1.76. The first-order valence-corrected chi connectivity index (χ1v) is 4.65. The molecular weight excluding hydrogens is 178 g/mol. The van der Waals surface area contributed by atoms with Gasteiger partial charge in [0.2, 0.25) is 0 Å². The summed E-state index contributed by atoms with van der Waals surface area (Å²) in [5, 5.41) is 19.2. The quantitative estimate of drug-likeness (QED) is 0.763. The maximum atomic E-state index is 9.17. The van der Waals surface area contributed by atoms with Crippen LogP contribution in [0, 0.1) is 0 Å². The first kappa shape index (κ1) is 9.24. The summed E-state index contributed by atoms with van der Waals surface area (Å²) in [6, 6.07) is 7.82. The number of hydrogen-bond donors (Lipinski definition) is 2. The van der Waals surface area contributed by atoms with Gasteiger partial charge in [0.25, 0.3) is 0 Å². The molecule has 2 rings (SSSR count). The minimum Gasteiger partial charge on any atom is -0.395 e. The second-order valence-electron chi connectivity index (χ2n) is 3.25. The maximum Gasteiger partial charge on any atom is 0.0702 e. The minimum atomic E-state index is 0.0345. The van der Waals surface area contributed by atoms with Crippen molar-refractivity contribution in [1.29, 1.82) is 0 Å². The fraction of sp³-hybridized carbons (Fsp3) is 0.273. The zero-order valence-corrected chi connectivity index (χ0v) is 7.85. The van der Waals surface area contributed by atoms with Crippen LogP contribution in [0.4, 0.5) is 0 Å². The van der Waals surface area contributed by atoms with E-state index in [1.54, 1.807) is 0 Å². The van der Waals surface area contributed by atoms with E-state index in [4.69, 9.17) is 5.11 Å². The molecule has 74 valence electrons. The number of aliphatic hydroxyl groups excluding tert-OH is 2. The second-order valence-corrected chi connectivity index (χ2v) is 3.25.